The highest BCUT2D eigenvalue weighted by Gasteiger charge is 2.08. The average Bonchev–Trinajstić information content (AvgIpc) is 2.33. The molecule has 0 aliphatic heterocycles. The standard InChI is InChI=1S/C13H12N2O/c14-12-6-7-15-9-11(12)8-13(16)10-4-2-1-3-5-10/h1-7,9H,8H2,(H2,14,15). The highest BCUT2D eigenvalue weighted by atomic mass is 16.1. The number of anilines is 1. The van der Waals surface area contributed by atoms with E-state index in [4.69, 9.17) is 5.73 Å². The number of nitrogen functional groups attached to an aromatic ring is 1. The number of ketones is 1. The summed E-state index contributed by atoms with van der Waals surface area (Å²) in [5.74, 6) is 0.0558. The highest BCUT2D eigenvalue weighted by Crippen LogP contribution is 2.12. The summed E-state index contributed by atoms with van der Waals surface area (Å²) < 4.78 is 0. The zero-order valence-electron chi connectivity index (χ0n) is 8.76. The Bertz CT molecular complexity index is 494. The molecule has 0 aliphatic carbocycles. The van der Waals surface area contributed by atoms with Crippen molar-refractivity contribution >= 4 is 11.5 Å². The summed E-state index contributed by atoms with van der Waals surface area (Å²) in [6.45, 7) is 0. The Labute approximate surface area is 93.9 Å². The van der Waals surface area contributed by atoms with Crippen LogP contribution in [0.3, 0.4) is 0 Å². The second-order valence-corrected chi connectivity index (χ2v) is 3.54. The molecule has 0 saturated carbocycles. The van der Waals surface area contributed by atoms with Crippen LogP contribution >= 0.6 is 0 Å². The van der Waals surface area contributed by atoms with Crippen LogP contribution in [-0.2, 0) is 6.42 Å². The van der Waals surface area contributed by atoms with Gasteiger partial charge in [0.1, 0.15) is 0 Å². The zero-order valence-corrected chi connectivity index (χ0v) is 8.76. The van der Waals surface area contributed by atoms with Crippen LogP contribution in [0.5, 0.6) is 0 Å². The smallest absolute Gasteiger partial charge is 0.167 e. The van der Waals surface area contributed by atoms with Crippen molar-refractivity contribution in [1.82, 2.24) is 4.98 Å². The molecule has 0 unspecified atom stereocenters. The van der Waals surface area contributed by atoms with Gasteiger partial charge >= 0.3 is 0 Å². The second-order valence-electron chi connectivity index (χ2n) is 3.54. The van der Waals surface area contributed by atoms with Crippen molar-refractivity contribution in [3.8, 4) is 0 Å². The molecule has 2 rings (SSSR count). The Balaban J connectivity index is 2.18. The van der Waals surface area contributed by atoms with Gasteiger partial charge in [0, 0.05) is 35.6 Å². The molecular weight excluding hydrogens is 200 g/mol. The van der Waals surface area contributed by atoms with Gasteiger partial charge in [0.2, 0.25) is 0 Å². The van der Waals surface area contributed by atoms with Gasteiger partial charge in [-0.1, -0.05) is 30.3 Å². The van der Waals surface area contributed by atoms with E-state index in [1.807, 2.05) is 18.2 Å². The Morgan fingerprint density at radius 3 is 2.62 bits per heavy atom. The van der Waals surface area contributed by atoms with Crippen molar-refractivity contribution < 1.29 is 4.79 Å². The van der Waals surface area contributed by atoms with Gasteiger partial charge in [0.05, 0.1) is 0 Å². The number of aromatic nitrogens is 1. The molecule has 0 fully saturated rings. The van der Waals surface area contributed by atoms with E-state index in [-0.39, 0.29) is 5.78 Å². The molecule has 80 valence electrons. The molecule has 0 aliphatic rings. The van der Waals surface area contributed by atoms with Crippen molar-refractivity contribution in [2.45, 2.75) is 6.42 Å². The molecule has 1 aromatic heterocycles. The lowest BCUT2D eigenvalue weighted by Crippen LogP contribution is -2.05. The zero-order chi connectivity index (χ0) is 11.4. The topological polar surface area (TPSA) is 56.0 Å². The van der Waals surface area contributed by atoms with Gasteiger partial charge in [-0.2, -0.15) is 0 Å². The van der Waals surface area contributed by atoms with Gasteiger partial charge in [-0.05, 0) is 6.07 Å². The van der Waals surface area contributed by atoms with Crippen LogP contribution < -0.4 is 5.73 Å². The Hall–Kier alpha value is -2.16. The first kappa shape index (κ1) is 10.4. The minimum absolute atomic E-state index is 0.0558. The van der Waals surface area contributed by atoms with Crippen molar-refractivity contribution in [1.29, 1.82) is 0 Å². The number of Topliss-reactive ketones (excluding diaryl/α,β-unsaturated/α-hetero) is 1. The van der Waals surface area contributed by atoms with Gasteiger partial charge in [0.25, 0.3) is 0 Å². The number of hydrogen-bond donors (Lipinski definition) is 1. The number of nitrogens with two attached hydrogens (primary N) is 1. The number of rotatable bonds is 3. The maximum atomic E-state index is 11.9. The molecule has 0 saturated heterocycles. The summed E-state index contributed by atoms with van der Waals surface area (Å²) >= 11 is 0. The van der Waals surface area contributed by atoms with E-state index in [2.05, 4.69) is 4.98 Å². The van der Waals surface area contributed by atoms with E-state index < -0.39 is 0 Å². The lowest BCUT2D eigenvalue weighted by molar-refractivity contribution is 0.0993. The van der Waals surface area contributed by atoms with Gasteiger partial charge in [-0.25, -0.2) is 0 Å². The number of hydrogen-bond acceptors (Lipinski definition) is 3. The van der Waals surface area contributed by atoms with Gasteiger partial charge < -0.3 is 5.73 Å². The molecule has 1 heterocycles. The van der Waals surface area contributed by atoms with Crippen LogP contribution in [0.25, 0.3) is 0 Å². The number of carbonyl (C=O) groups excluding carboxylic acids is 1. The minimum atomic E-state index is 0.0558. The molecule has 0 atom stereocenters. The van der Waals surface area contributed by atoms with Crippen LogP contribution in [0.1, 0.15) is 15.9 Å². The van der Waals surface area contributed by atoms with Crippen LogP contribution in [0.15, 0.2) is 48.8 Å². The monoisotopic (exact) mass is 212 g/mol. The summed E-state index contributed by atoms with van der Waals surface area (Å²) in [6, 6.07) is 10.9. The molecule has 3 heteroatoms. The Morgan fingerprint density at radius 1 is 1.19 bits per heavy atom. The summed E-state index contributed by atoms with van der Waals surface area (Å²) in [4.78, 5) is 15.8. The SMILES string of the molecule is Nc1ccncc1CC(=O)c1ccccc1. The normalized spacial score (nSPS) is 10.0. The minimum Gasteiger partial charge on any atom is -0.398 e. The second kappa shape index (κ2) is 4.57. The number of benzene rings is 1. The maximum Gasteiger partial charge on any atom is 0.167 e. The number of pyridine rings is 1. The summed E-state index contributed by atoms with van der Waals surface area (Å²) in [5.41, 5.74) is 7.84. The van der Waals surface area contributed by atoms with Crippen molar-refractivity contribution in [2.24, 2.45) is 0 Å². The molecule has 0 bridgehead atoms. The first-order valence-electron chi connectivity index (χ1n) is 5.04. The predicted octanol–water partition coefficient (Wildman–Crippen LogP) is 2.09. The largest absolute Gasteiger partial charge is 0.398 e. The molecule has 16 heavy (non-hydrogen) atoms. The number of nitrogens with zero attached hydrogens (tertiary/aromatic N) is 1. The molecule has 2 N–H and O–H groups in total. The molecule has 2 aromatic rings. The fourth-order valence-corrected chi connectivity index (χ4v) is 1.48. The van der Waals surface area contributed by atoms with E-state index in [1.54, 1.807) is 30.6 Å². The van der Waals surface area contributed by atoms with Crippen molar-refractivity contribution in [3.05, 3.63) is 59.9 Å². The fourth-order valence-electron chi connectivity index (χ4n) is 1.48. The highest BCUT2D eigenvalue weighted by molar-refractivity contribution is 5.97. The Morgan fingerprint density at radius 2 is 1.94 bits per heavy atom. The molecular formula is C13H12N2O. The van der Waals surface area contributed by atoms with E-state index in [9.17, 15) is 4.79 Å². The molecule has 0 radical (unpaired) electrons. The van der Waals surface area contributed by atoms with E-state index in [0.717, 1.165) is 5.56 Å². The van der Waals surface area contributed by atoms with Crippen LogP contribution in [-0.4, -0.2) is 10.8 Å². The molecule has 0 amide bonds. The Kier molecular flexibility index (Phi) is 2.96. The maximum absolute atomic E-state index is 11.9. The third-order valence-electron chi connectivity index (χ3n) is 2.39. The van der Waals surface area contributed by atoms with Gasteiger partial charge in [-0.3, -0.25) is 9.78 Å². The quantitative estimate of drug-likeness (QED) is 0.792. The molecule has 1 aromatic carbocycles. The summed E-state index contributed by atoms with van der Waals surface area (Å²) in [5, 5.41) is 0. The summed E-state index contributed by atoms with van der Waals surface area (Å²) in [6.07, 6.45) is 3.55. The first-order valence-corrected chi connectivity index (χ1v) is 5.04. The van der Waals surface area contributed by atoms with Gasteiger partial charge in [0.15, 0.2) is 5.78 Å². The first-order chi connectivity index (χ1) is 7.77. The fraction of sp³-hybridized carbons (Fsp3) is 0.0769. The lowest BCUT2D eigenvalue weighted by atomic mass is 10.0. The van der Waals surface area contributed by atoms with Crippen molar-refractivity contribution in [2.75, 3.05) is 5.73 Å². The third-order valence-corrected chi connectivity index (χ3v) is 2.39. The average molecular weight is 212 g/mol. The van der Waals surface area contributed by atoms with Crippen LogP contribution in [0.4, 0.5) is 5.69 Å². The van der Waals surface area contributed by atoms with Crippen molar-refractivity contribution in [3.63, 3.8) is 0 Å². The number of carbonyl (C=O) groups is 1. The molecule has 3 nitrogen and oxygen atoms in total. The predicted molar refractivity (Wildman–Crippen MR) is 63.1 cm³/mol. The molecule has 0 spiro atoms. The van der Waals surface area contributed by atoms with E-state index in [1.165, 1.54) is 0 Å². The van der Waals surface area contributed by atoms with E-state index >= 15 is 0 Å². The van der Waals surface area contributed by atoms with Crippen LogP contribution in [0.2, 0.25) is 0 Å². The van der Waals surface area contributed by atoms with E-state index in [0.29, 0.717) is 17.7 Å². The third kappa shape index (κ3) is 2.25. The van der Waals surface area contributed by atoms with Crippen LogP contribution in [0, 0.1) is 0 Å². The lowest BCUT2D eigenvalue weighted by Gasteiger charge is -2.03. The summed E-state index contributed by atoms with van der Waals surface area (Å²) in [7, 11) is 0. The van der Waals surface area contributed by atoms with Gasteiger partial charge in [-0.15, -0.1) is 0 Å².